The summed E-state index contributed by atoms with van der Waals surface area (Å²) in [5.41, 5.74) is 0. The Morgan fingerprint density at radius 1 is 1.20 bits per heavy atom. The molecule has 79 valence electrons. The minimum atomic E-state index is -3.51. The maximum absolute atomic E-state index is 12.0. The van der Waals surface area contributed by atoms with Gasteiger partial charge in [0, 0.05) is 12.2 Å². The first kappa shape index (κ1) is 10.7. The lowest BCUT2D eigenvalue weighted by Crippen LogP contribution is -2.22. The number of hydrogen-bond acceptors (Lipinski definition) is 4. The average Bonchev–Trinajstić information content (AvgIpc) is 2.66. The number of carbonyl (C=O) groups excluding carboxylic acids is 1. The number of ketones is 1. The van der Waals surface area contributed by atoms with Crippen molar-refractivity contribution >= 4 is 27.4 Å². The number of benzene rings is 1. The summed E-state index contributed by atoms with van der Waals surface area (Å²) >= 11 is 1.09. The van der Waals surface area contributed by atoms with E-state index < -0.39 is 14.4 Å². The Morgan fingerprint density at radius 3 is 2.40 bits per heavy atom. The van der Waals surface area contributed by atoms with Gasteiger partial charge in [0.05, 0.1) is 4.90 Å². The van der Waals surface area contributed by atoms with E-state index in [-0.39, 0.29) is 17.1 Å². The van der Waals surface area contributed by atoms with Crippen LogP contribution in [0.3, 0.4) is 0 Å². The van der Waals surface area contributed by atoms with Gasteiger partial charge < -0.3 is 0 Å². The minimum Gasteiger partial charge on any atom is -0.297 e. The number of rotatable bonds is 2. The Morgan fingerprint density at radius 2 is 1.87 bits per heavy atom. The highest BCUT2D eigenvalue weighted by molar-refractivity contribution is 8.16. The summed E-state index contributed by atoms with van der Waals surface area (Å²) in [5, 5.41) is 0. The van der Waals surface area contributed by atoms with Gasteiger partial charge in [-0.25, -0.2) is 8.42 Å². The van der Waals surface area contributed by atoms with Crippen LogP contribution in [0.5, 0.6) is 0 Å². The third-order valence-electron chi connectivity index (χ3n) is 2.12. The van der Waals surface area contributed by atoms with E-state index in [0.717, 1.165) is 11.8 Å². The zero-order chi connectivity index (χ0) is 10.9. The van der Waals surface area contributed by atoms with Crippen LogP contribution in [0.1, 0.15) is 6.42 Å². The summed E-state index contributed by atoms with van der Waals surface area (Å²) in [4.78, 5) is 11.6. The van der Waals surface area contributed by atoms with Gasteiger partial charge in [-0.05, 0) is 12.1 Å². The Labute approximate surface area is 92.8 Å². The monoisotopic (exact) mass is 241 g/mol. The van der Waals surface area contributed by atoms with Crippen molar-refractivity contribution in [1.82, 2.24) is 0 Å². The molecule has 0 amide bonds. The van der Waals surface area contributed by atoms with E-state index in [1.54, 1.807) is 24.0 Å². The van der Waals surface area contributed by atoms with Gasteiger partial charge >= 0.3 is 0 Å². The van der Waals surface area contributed by atoms with E-state index in [4.69, 9.17) is 0 Å². The van der Waals surface area contributed by atoms with Gasteiger partial charge in [-0.15, -0.1) is 11.8 Å². The maximum atomic E-state index is 12.0. The second-order valence-electron chi connectivity index (χ2n) is 3.16. The summed E-state index contributed by atoms with van der Waals surface area (Å²) in [7, 11) is -3.51. The van der Waals surface area contributed by atoms with Crippen LogP contribution in [0.4, 0.5) is 0 Å². The number of carbonyl (C=O) groups is 1. The first-order valence-corrected chi connectivity index (χ1v) is 6.90. The van der Waals surface area contributed by atoms with Crippen LogP contribution in [-0.4, -0.2) is 18.8 Å². The van der Waals surface area contributed by atoms with Crippen molar-refractivity contribution in [1.29, 1.82) is 0 Å². The van der Waals surface area contributed by atoms with E-state index in [2.05, 4.69) is 0 Å². The van der Waals surface area contributed by atoms with Crippen molar-refractivity contribution in [2.45, 2.75) is 15.9 Å². The fraction of sp³-hybridized carbons (Fsp3) is 0.200. The first-order chi connectivity index (χ1) is 7.12. The molecule has 15 heavy (non-hydrogen) atoms. The third-order valence-corrected chi connectivity index (χ3v) is 5.84. The van der Waals surface area contributed by atoms with Gasteiger partial charge in [-0.3, -0.25) is 4.79 Å². The van der Waals surface area contributed by atoms with Crippen LogP contribution in [-0.2, 0) is 14.6 Å². The molecule has 3 nitrogen and oxygen atoms in total. The molecule has 1 aliphatic heterocycles. The van der Waals surface area contributed by atoms with Crippen LogP contribution in [0.25, 0.3) is 0 Å². The van der Waals surface area contributed by atoms with Crippen molar-refractivity contribution < 1.29 is 13.2 Å². The van der Waals surface area contributed by atoms with Gasteiger partial charge in [0.1, 0.15) is 0 Å². The highest BCUT2D eigenvalue weighted by Gasteiger charge is 2.37. The van der Waals surface area contributed by atoms with Gasteiger partial charge in [0.25, 0.3) is 0 Å². The Bertz CT molecular complexity index is 465. The minimum absolute atomic E-state index is 0.214. The van der Waals surface area contributed by atoms with Crippen molar-refractivity contribution in [2.75, 3.05) is 0 Å². The molecule has 1 aromatic rings. The van der Waals surface area contributed by atoms with Gasteiger partial charge in [0.2, 0.25) is 0 Å². The second-order valence-corrected chi connectivity index (χ2v) is 6.57. The molecule has 1 saturated heterocycles. The van der Waals surface area contributed by atoms with Crippen molar-refractivity contribution in [3.05, 3.63) is 36.1 Å². The number of Topliss-reactive ketones (excluding diaryl/α,β-unsaturated/α-hetero) is 1. The predicted molar refractivity (Wildman–Crippen MR) is 58.9 cm³/mol. The van der Waals surface area contributed by atoms with E-state index in [1.807, 2.05) is 0 Å². The highest BCUT2D eigenvalue weighted by Crippen LogP contribution is 2.34. The quantitative estimate of drug-likeness (QED) is 0.790. The Kier molecular flexibility index (Phi) is 2.84. The molecule has 0 N–H and O–H groups in total. The van der Waals surface area contributed by atoms with Crippen LogP contribution in [0.15, 0.2) is 35.2 Å². The Hall–Kier alpha value is -0.810. The number of hydrogen-bond donors (Lipinski definition) is 0. The molecule has 1 atom stereocenters. The highest BCUT2D eigenvalue weighted by atomic mass is 32.3. The molecule has 0 aliphatic carbocycles. The van der Waals surface area contributed by atoms with E-state index in [1.165, 1.54) is 12.1 Å². The molecule has 1 heterocycles. The summed E-state index contributed by atoms with van der Waals surface area (Å²) in [6.07, 6.45) is 0.237. The summed E-state index contributed by atoms with van der Waals surface area (Å²) in [6, 6.07) is 8.08. The SMILES string of the molecule is O=C1C[CH]SC1S(=O)(=O)c1ccccc1. The molecular formula is C10H9O3S2. The van der Waals surface area contributed by atoms with Gasteiger partial charge in [-0.2, -0.15) is 0 Å². The molecule has 1 fully saturated rings. The zero-order valence-electron chi connectivity index (χ0n) is 7.79. The number of sulfone groups is 1. The van der Waals surface area contributed by atoms with Gasteiger partial charge in [-0.1, -0.05) is 18.2 Å². The normalized spacial score (nSPS) is 21.9. The molecule has 0 spiro atoms. The smallest absolute Gasteiger partial charge is 0.197 e. The average molecular weight is 241 g/mol. The van der Waals surface area contributed by atoms with Crippen molar-refractivity contribution in [3.8, 4) is 0 Å². The van der Waals surface area contributed by atoms with E-state index in [0.29, 0.717) is 0 Å². The molecular weight excluding hydrogens is 232 g/mol. The molecule has 5 heteroatoms. The molecule has 1 aliphatic rings. The van der Waals surface area contributed by atoms with Crippen LogP contribution in [0, 0.1) is 5.75 Å². The van der Waals surface area contributed by atoms with Crippen molar-refractivity contribution in [3.63, 3.8) is 0 Å². The lowest BCUT2D eigenvalue weighted by Gasteiger charge is -2.08. The maximum Gasteiger partial charge on any atom is 0.197 e. The molecule has 0 saturated carbocycles. The summed E-state index contributed by atoms with van der Waals surface area (Å²) < 4.78 is 23.0. The number of thioether (sulfide) groups is 1. The fourth-order valence-corrected chi connectivity index (χ4v) is 4.43. The van der Waals surface area contributed by atoms with E-state index in [9.17, 15) is 13.2 Å². The van der Waals surface area contributed by atoms with Crippen LogP contribution >= 0.6 is 11.8 Å². The predicted octanol–water partition coefficient (Wildman–Crippen LogP) is 1.65. The molecule has 0 bridgehead atoms. The van der Waals surface area contributed by atoms with Crippen LogP contribution in [0.2, 0.25) is 0 Å². The topological polar surface area (TPSA) is 51.2 Å². The summed E-state index contributed by atoms with van der Waals surface area (Å²) in [6.45, 7) is 0. The molecule has 2 rings (SSSR count). The molecule has 1 radical (unpaired) electrons. The zero-order valence-corrected chi connectivity index (χ0v) is 9.42. The lowest BCUT2D eigenvalue weighted by molar-refractivity contribution is -0.116. The third kappa shape index (κ3) is 1.94. The van der Waals surface area contributed by atoms with E-state index >= 15 is 0 Å². The second kappa shape index (κ2) is 3.98. The van der Waals surface area contributed by atoms with Gasteiger partial charge in [0.15, 0.2) is 20.2 Å². The first-order valence-electron chi connectivity index (χ1n) is 4.41. The fourth-order valence-electron chi connectivity index (χ4n) is 1.37. The molecule has 1 unspecified atom stereocenters. The molecule has 1 aromatic carbocycles. The standard InChI is InChI=1S/C10H9O3S2/c11-9-6-7-14-10(9)15(12,13)8-4-2-1-3-5-8/h1-5,7,10H,6H2. The van der Waals surface area contributed by atoms with Crippen molar-refractivity contribution in [2.24, 2.45) is 0 Å². The largest absolute Gasteiger partial charge is 0.297 e. The molecule has 0 aromatic heterocycles. The lowest BCUT2D eigenvalue weighted by atomic mass is 10.4. The summed E-state index contributed by atoms with van der Waals surface area (Å²) in [5.74, 6) is 1.41. The van der Waals surface area contributed by atoms with Crippen LogP contribution < -0.4 is 0 Å². The Balaban J connectivity index is 2.40.